The zero-order valence-electron chi connectivity index (χ0n) is 17.6. The topological polar surface area (TPSA) is 90.5 Å². The van der Waals surface area contributed by atoms with Crippen LogP contribution in [0, 0.1) is 6.92 Å². The highest BCUT2D eigenvalue weighted by Crippen LogP contribution is 2.25. The van der Waals surface area contributed by atoms with E-state index < -0.39 is 0 Å². The van der Waals surface area contributed by atoms with E-state index in [1.165, 1.54) is 28.7 Å². The van der Waals surface area contributed by atoms with Crippen molar-refractivity contribution in [1.29, 1.82) is 0 Å². The van der Waals surface area contributed by atoms with Gasteiger partial charge >= 0.3 is 0 Å². The van der Waals surface area contributed by atoms with Gasteiger partial charge in [0.15, 0.2) is 5.16 Å². The minimum absolute atomic E-state index is 0.00858. The van der Waals surface area contributed by atoms with Crippen molar-refractivity contribution in [3.05, 3.63) is 57.2 Å². The maximum absolute atomic E-state index is 13.1. The van der Waals surface area contributed by atoms with Gasteiger partial charge in [-0.15, -0.1) is 21.5 Å². The van der Waals surface area contributed by atoms with Crippen molar-refractivity contribution in [3.63, 3.8) is 0 Å². The smallest absolute Gasteiger partial charge is 0.272 e. The van der Waals surface area contributed by atoms with Gasteiger partial charge in [-0.2, -0.15) is 0 Å². The number of fused-ring (bicyclic) bond motifs is 3. The van der Waals surface area contributed by atoms with Gasteiger partial charge in [-0.05, 0) is 36.8 Å². The Balaban J connectivity index is 1.36. The van der Waals surface area contributed by atoms with Crippen LogP contribution in [-0.4, -0.2) is 43.5 Å². The summed E-state index contributed by atoms with van der Waals surface area (Å²) in [7, 11) is 0. The van der Waals surface area contributed by atoms with Crippen LogP contribution in [0.4, 0.5) is 0 Å². The van der Waals surface area contributed by atoms with Crippen LogP contribution in [-0.2, 0) is 22.6 Å². The summed E-state index contributed by atoms with van der Waals surface area (Å²) in [5, 5.41) is 14.0. The lowest BCUT2D eigenvalue weighted by Gasteiger charge is -2.13. The zero-order valence-corrected chi connectivity index (χ0v) is 19.2. The van der Waals surface area contributed by atoms with Crippen LogP contribution in [0.2, 0.25) is 0 Å². The molecule has 0 saturated carbocycles. The first-order valence-corrected chi connectivity index (χ1v) is 12.4. The van der Waals surface area contributed by atoms with Crippen molar-refractivity contribution in [3.8, 4) is 0 Å². The number of thioether (sulfide) groups is 1. The number of carbonyl (C=O) groups excluding carboxylic acids is 1. The van der Waals surface area contributed by atoms with Gasteiger partial charge in [0.05, 0.1) is 23.9 Å². The predicted molar refractivity (Wildman–Crippen MR) is 125 cm³/mol. The van der Waals surface area contributed by atoms with Gasteiger partial charge in [-0.1, -0.05) is 41.6 Å². The Kier molecular flexibility index (Phi) is 5.99. The summed E-state index contributed by atoms with van der Waals surface area (Å²) in [5.74, 6) is 0.615. The first-order valence-electron chi connectivity index (χ1n) is 10.5. The summed E-state index contributed by atoms with van der Waals surface area (Å²) in [6.45, 7) is 3.70. The SMILES string of the molecule is Cc1ccc(CNC(=O)CSc2nnc3n(CC4CCCO4)c(=O)c4sccc4n23)cc1. The van der Waals surface area contributed by atoms with Crippen molar-refractivity contribution < 1.29 is 9.53 Å². The van der Waals surface area contributed by atoms with Gasteiger partial charge in [0.2, 0.25) is 11.7 Å². The number of amides is 1. The Morgan fingerprint density at radius 1 is 1.28 bits per heavy atom. The number of thiophene rings is 1. The van der Waals surface area contributed by atoms with E-state index in [4.69, 9.17) is 4.74 Å². The Morgan fingerprint density at radius 3 is 2.91 bits per heavy atom. The summed E-state index contributed by atoms with van der Waals surface area (Å²) < 4.78 is 9.92. The van der Waals surface area contributed by atoms with Crippen molar-refractivity contribution in [1.82, 2.24) is 24.5 Å². The molecule has 0 bridgehead atoms. The third-order valence-corrected chi connectivity index (χ3v) is 7.36. The molecule has 32 heavy (non-hydrogen) atoms. The third-order valence-electron chi connectivity index (χ3n) is 5.54. The number of hydrogen-bond donors (Lipinski definition) is 1. The van der Waals surface area contributed by atoms with E-state index >= 15 is 0 Å². The molecule has 1 aliphatic heterocycles. The van der Waals surface area contributed by atoms with Crippen molar-refractivity contribution in [2.45, 2.75) is 44.1 Å². The maximum Gasteiger partial charge on any atom is 0.272 e. The second kappa shape index (κ2) is 9.05. The van der Waals surface area contributed by atoms with Crippen LogP contribution in [0.1, 0.15) is 24.0 Å². The molecular weight excluding hydrogens is 446 g/mol. The molecular formula is C22H23N5O3S2. The van der Waals surface area contributed by atoms with Crippen LogP contribution < -0.4 is 10.9 Å². The highest BCUT2D eigenvalue weighted by Gasteiger charge is 2.22. The number of rotatable bonds is 7. The van der Waals surface area contributed by atoms with E-state index in [1.807, 2.05) is 47.0 Å². The first-order chi connectivity index (χ1) is 15.6. The van der Waals surface area contributed by atoms with Gasteiger partial charge in [-0.3, -0.25) is 18.6 Å². The van der Waals surface area contributed by atoms with Gasteiger partial charge < -0.3 is 10.1 Å². The standard InChI is InChI=1S/C22H23N5O3S2/c1-14-4-6-15(7-5-14)11-23-18(28)13-32-22-25-24-21-26(12-16-3-2-9-30-16)20(29)19-17(27(21)22)8-10-31-19/h4-8,10,16H,2-3,9,11-13H2,1H3,(H,23,28). The van der Waals surface area contributed by atoms with Crippen LogP contribution in [0.15, 0.2) is 45.7 Å². The summed E-state index contributed by atoms with van der Waals surface area (Å²) in [5.41, 5.74) is 2.94. The molecule has 1 aromatic carbocycles. The number of nitrogens with one attached hydrogen (secondary N) is 1. The molecule has 1 saturated heterocycles. The van der Waals surface area contributed by atoms with E-state index in [-0.39, 0.29) is 23.3 Å². The molecule has 0 aliphatic carbocycles. The highest BCUT2D eigenvalue weighted by atomic mass is 32.2. The number of ether oxygens (including phenoxy) is 1. The van der Waals surface area contributed by atoms with Crippen LogP contribution in [0.25, 0.3) is 16.0 Å². The molecule has 4 aromatic rings. The molecule has 0 radical (unpaired) electrons. The third kappa shape index (κ3) is 4.17. The average Bonchev–Trinajstić information content (AvgIpc) is 3.55. The molecule has 1 amide bonds. The lowest BCUT2D eigenvalue weighted by Crippen LogP contribution is -2.28. The molecule has 1 fully saturated rings. The second-order valence-corrected chi connectivity index (χ2v) is 9.71. The molecule has 1 unspecified atom stereocenters. The number of nitrogens with zero attached hydrogens (tertiary/aromatic N) is 4. The number of carbonyl (C=O) groups is 1. The lowest BCUT2D eigenvalue weighted by molar-refractivity contribution is -0.118. The molecule has 10 heteroatoms. The second-order valence-electron chi connectivity index (χ2n) is 7.85. The average molecular weight is 470 g/mol. The Hall–Kier alpha value is -2.69. The molecule has 4 heterocycles. The van der Waals surface area contributed by atoms with Crippen LogP contribution >= 0.6 is 23.1 Å². The van der Waals surface area contributed by atoms with E-state index in [9.17, 15) is 9.59 Å². The number of aromatic nitrogens is 4. The molecule has 1 aliphatic rings. The van der Waals surface area contributed by atoms with Gasteiger partial charge in [-0.25, -0.2) is 0 Å². The summed E-state index contributed by atoms with van der Waals surface area (Å²) >= 11 is 2.72. The molecule has 0 spiro atoms. The zero-order chi connectivity index (χ0) is 22.1. The summed E-state index contributed by atoms with van der Waals surface area (Å²) in [6.07, 6.45) is 1.94. The molecule has 1 atom stereocenters. The fourth-order valence-corrected chi connectivity index (χ4v) is 5.43. The minimum Gasteiger partial charge on any atom is -0.376 e. The van der Waals surface area contributed by atoms with Gasteiger partial charge in [0.25, 0.3) is 5.56 Å². The Bertz CT molecular complexity index is 1320. The molecule has 5 rings (SSSR count). The maximum atomic E-state index is 13.1. The first kappa shape index (κ1) is 21.2. The van der Waals surface area contributed by atoms with Crippen molar-refractivity contribution in [2.24, 2.45) is 0 Å². The van der Waals surface area contributed by atoms with E-state index in [0.29, 0.717) is 28.7 Å². The minimum atomic E-state index is -0.0819. The fraction of sp³-hybridized carbons (Fsp3) is 0.364. The lowest BCUT2D eigenvalue weighted by atomic mass is 10.1. The molecule has 166 valence electrons. The summed E-state index contributed by atoms with van der Waals surface area (Å²) in [4.78, 5) is 25.5. The summed E-state index contributed by atoms with van der Waals surface area (Å²) in [6, 6.07) is 9.97. The molecule has 8 nitrogen and oxygen atoms in total. The highest BCUT2D eigenvalue weighted by molar-refractivity contribution is 7.99. The monoisotopic (exact) mass is 469 g/mol. The Labute approximate surface area is 192 Å². The van der Waals surface area contributed by atoms with Gasteiger partial charge in [0.1, 0.15) is 4.70 Å². The van der Waals surface area contributed by atoms with E-state index in [0.717, 1.165) is 30.5 Å². The van der Waals surface area contributed by atoms with Crippen LogP contribution in [0.5, 0.6) is 0 Å². The largest absolute Gasteiger partial charge is 0.376 e. The van der Waals surface area contributed by atoms with E-state index in [2.05, 4.69) is 15.5 Å². The van der Waals surface area contributed by atoms with Crippen molar-refractivity contribution in [2.75, 3.05) is 12.4 Å². The number of aryl methyl sites for hydroxylation is 1. The van der Waals surface area contributed by atoms with E-state index in [1.54, 1.807) is 4.57 Å². The van der Waals surface area contributed by atoms with Crippen LogP contribution in [0.3, 0.4) is 0 Å². The molecule has 3 aromatic heterocycles. The predicted octanol–water partition coefficient (Wildman–Crippen LogP) is 3.00. The quantitative estimate of drug-likeness (QED) is 0.419. The number of hydrogen-bond acceptors (Lipinski definition) is 7. The Morgan fingerprint density at radius 2 is 2.12 bits per heavy atom. The number of benzene rings is 1. The normalized spacial score (nSPS) is 16.2. The van der Waals surface area contributed by atoms with Gasteiger partial charge in [0, 0.05) is 13.2 Å². The molecule has 1 N–H and O–H groups in total. The van der Waals surface area contributed by atoms with Crippen molar-refractivity contribution >= 4 is 45.0 Å². The fourth-order valence-electron chi connectivity index (χ4n) is 3.84.